The van der Waals surface area contributed by atoms with E-state index in [9.17, 15) is 22.0 Å². The lowest BCUT2D eigenvalue weighted by molar-refractivity contribution is -0.185. The van der Waals surface area contributed by atoms with Crippen LogP contribution in [0, 0.1) is 0 Å². The lowest BCUT2D eigenvalue weighted by Gasteiger charge is -2.18. The third-order valence-corrected chi connectivity index (χ3v) is 1.89. The Morgan fingerprint density at radius 3 is 2.19 bits per heavy atom. The molecule has 7 heteroatoms. The van der Waals surface area contributed by atoms with Gasteiger partial charge in [0, 0.05) is 0 Å². The fraction of sp³-hybridized carbons (Fsp3) is 0.889. The van der Waals surface area contributed by atoms with Crippen LogP contribution in [0.2, 0.25) is 0 Å². The number of alkyl halides is 5. The van der Waals surface area contributed by atoms with Crippen molar-refractivity contribution in [2.75, 3.05) is 6.61 Å². The number of unbranched alkanes of at least 4 members (excludes halogenated alkanes) is 1. The van der Waals surface area contributed by atoms with Crippen LogP contribution in [0.5, 0.6) is 0 Å². The molecule has 0 N–H and O–H groups in total. The summed E-state index contributed by atoms with van der Waals surface area (Å²) in [5, 5.41) is -0.470. The third-order valence-electron chi connectivity index (χ3n) is 1.62. The number of thiocarbonyl (C=S) groups is 1. The fourth-order valence-electron chi connectivity index (χ4n) is 0.948. The van der Waals surface area contributed by atoms with Crippen molar-refractivity contribution < 1.29 is 26.7 Å². The lowest BCUT2D eigenvalue weighted by atomic mass is 10.2. The van der Waals surface area contributed by atoms with Crippen molar-refractivity contribution in [2.45, 2.75) is 44.7 Å². The van der Waals surface area contributed by atoms with Gasteiger partial charge in [-0.15, -0.1) is 0 Å². The van der Waals surface area contributed by atoms with Gasteiger partial charge in [-0.1, -0.05) is 13.3 Å². The molecular weight excluding hydrogens is 251 g/mol. The summed E-state index contributed by atoms with van der Waals surface area (Å²) in [4.78, 5) is 0. The van der Waals surface area contributed by atoms with Gasteiger partial charge in [-0.25, -0.2) is 8.78 Å². The van der Waals surface area contributed by atoms with Crippen molar-refractivity contribution in [3.8, 4) is 0 Å². The summed E-state index contributed by atoms with van der Waals surface area (Å²) in [6.07, 6.45) is -6.81. The molecule has 0 bridgehead atoms. The Morgan fingerprint density at radius 2 is 1.75 bits per heavy atom. The molecule has 0 aromatic rings. The summed E-state index contributed by atoms with van der Waals surface area (Å²) in [5.74, 6) is -3.89. The second-order valence-corrected chi connectivity index (χ2v) is 3.85. The molecule has 0 amide bonds. The first-order valence-corrected chi connectivity index (χ1v) is 5.17. The maximum absolute atomic E-state index is 12.8. The Hall–Kier alpha value is -0.460. The van der Waals surface area contributed by atoms with Gasteiger partial charge in [-0.2, -0.15) is 13.2 Å². The molecule has 0 saturated heterocycles. The third kappa shape index (κ3) is 8.82. The highest BCUT2D eigenvalue weighted by atomic mass is 32.1. The van der Waals surface area contributed by atoms with Crippen molar-refractivity contribution >= 4 is 17.3 Å². The summed E-state index contributed by atoms with van der Waals surface area (Å²) in [6, 6.07) is 0. The number of ether oxygens (including phenoxy) is 1. The highest BCUT2D eigenvalue weighted by Crippen LogP contribution is 2.34. The fourth-order valence-corrected chi connectivity index (χ4v) is 1.24. The largest absolute Gasteiger partial charge is 0.487 e. The summed E-state index contributed by atoms with van der Waals surface area (Å²) in [7, 11) is 0. The van der Waals surface area contributed by atoms with Crippen molar-refractivity contribution in [1.29, 1.82) is 0 Å². The second kappa shape index (κ2) is 6.32. The van der Waals surface area contributed by atoms with Crippen LogP contribution in [-0.2, 0) is 4.74 Å². The molecular formula is C9H13F5OS. The molecule has 0 atom stereocenters. The molecule has 0 heterocycles. The van der Waals surface area contributed by atoms with Crippen LogP contribution in [0.15, 0.2) is 0 Å². The predicted octanol–water partition coefficient (Wildman–Crippen LogP) is 4.11. The van der Waals surface area contributed by atoms with E-state index in [-0.39, 0.29) is 6.61 Å². The van der Waals surface area contributed by atoms with Gasteiger partial charge in [0.2, 0.25) is 0 Å². The van der Waals surface area contributed by atoms with Crippen molar-refractivity contribution in [3.63, 3.8) is 0 Å². The van der Waals surface area contributed by atoms with E-state index in [1.165, 1.54) is 0 Å². The number of rotatable bonds is 6. The van der Waals surface area contributed by atoms with Crippen molar-refractivity contribution in [2.24, 2.45) is 0 Å². The van der Waals surface area contributed by atoms with E-state index < -0.39 is 30.0 Å². The van der Waals surface area contributed by atoms with Gasteiger partial charge < -0.3 is 4.74 Å². The van der Waals surface area contributed by atoms with Crippen LogP contribution in [0.1, 0.15) is 32.6 Å². The van der Waals surface area contributed by atoms with Crippen LogP contribution >= 0.6 is 12.2 Å². The van der Waals surface area contributed by atoms with Gasteiger partial charge in [-0.05, 0) is 18.6 Å². The molecule has 0 aliphatic heterocycles. The van der Waals surface area contributed by atoms with Crippen molar-refractivity contribution in [1.82, 2.24) is 0 Å². The zero-order chi connectivity index (χ0) is 12.8. The van der Waals surface area contributed by atoms with Gasteiger partial charge in [0.05, 0.1) is 13.0 Å². The maximum atomic E-state index is 12.8. The molecule has 0 aliphatic carbocycles. The van der Waals surface area contributed by atoms with Crippen LogP contribution in [-0.4, -0.2) is 23.8 Å². The first-order valence-electron chi connectivity index (χ1n) is 4.76. The zero-order valence-electron chi connectivity index (χ0n) is 8.74. The summed E-state index contributed by atoms with van der Waals surface area (Å²) in [6.45, 7) is 2.03. The standard InChI is InChI=1S/C9H13F5OS/c1-2-3-4-15-7(16)5-8(10,11)6-9(12,13)14/h2-6H2,1H3. The van der Waals surface area contributed by atoms with Gasteiger partial charge in [0.25, 0.3) is 5.92 Å². The van der Waals surface area contributed by atoms with Crippen molar-refractivity contribution in [3.05, 3.63) is 0 Å². The molecule has 16 heavy (non-hydrogen) atoms. The average molecular weight is 264 g/mol. The Kier molecular flexibility index (Phi) is 6.14. The maximum Gasteiger partial charge on any atom is 0.394 e. The predicted molar refractivity (Wildman–Crippen MR) is 53.7 cm³/mol. The highest BCUT2D eigenvalue weighted by Gasteiger charge is 2.44. The minimum absolute atomic E-state index is 0.164. The monoisotopic (exact) mass is 264 g/mol. The molecule has 0 aromatic carbocycles. The molecule has 0 radical (unpaired) electrons. The molecule has 0 aromatic heterocycles. The number of halogens is 5. The second-order valence-electron chi connectivity index (χ2n) is 3.40. The average Bonchev–Trinajstić information content (AvgIpc) is 1.98. The number of hydrogen-bond acceptors (Lipinski definition) is 2. The van der Waals surface area contributed by atoms with Gasteiger partial charge in [-0.3, -0.25) is 0 Å². The molecule has 0 rings (SSSR count). The van der Waals surface area contributed by atoms with Crippen LogP contribution < -0.4 is 0 Å². The quantitative estimate of drug-likeness (QED) is 0.405. The zero-order valence-corrected chi connectivity index (χ0v) is 9.56. The van der Waals surface area contributed by atoms with Gasteiger partial charge in [0.1, 0.15) is 6.42 Å². The molecule has 0 unspecified atom stereocenters. The van der Waals surface area contributed by atoms with E-state index in [1.807, 2.05) is 6.92 Å². The summed E-state index contributed by atoms with van der Waals surface area (Å²) in [5.41, 5.74) is 0. The summed E-state index contributed by atoms with van der Waals surface area (Å²) < 4.78 is 65.5. The minimum atomic E-state index is -4.90. The van der Waals surface area contributed by atoms with E-state index in [0.29, 0.717) is 6.42 Å². The Morgan fingerprint density at radius 1 is 1.19 bits per heavy atom. The van der Waals surface area contributed by atoms with E-state index in [4.69, 9.17) is 4.74 Å². The molecule has 0 fully saturated rings. The molecule has 1 nitrogen and oxygen atoms in total. The highest BCUT2D eigenvalue weighted by molar-refractivity contribution is 7.80. The Bertz CT molecular complexity index is 226. The smallest absolute Gasteiger partial charge is 0.394 e. The van der Waals surface area contributed by atoms with Crippen LogP contribution in [0.3, 0.4) is 0 Å². The first kappa shape index (κ1) is 15.5. The van der Waals surface area contributed by atoms with Crippen LogP contribution in [0.4, 0.5) is 22.0 Å². The summed E-state index contributed by atoms with van der Waals surface area (Å²) >= 11 is 4.44. The first-order chi connectivity index (χ1) is 7.16. The molecule has 0 spiro atoms. The molecule has 0 aliphatic rings. The van der Waals surface area contributed by atoms with E-state index in [2.05, 4.69) is 12.2 Å². The minimum Gasteiger partial charge on any atom is -0.487 e. The number of hydrogen-bond donors (Lipinski definition) is 0. The Labute approximate surface area is 96.0 Å². The molecule has 0 saturated carbocycles. The van der Waals surface area contributed by atoms with Gasteiger partial charge in [0.15, 0.2) is 5.05 Å². The van der Waals surface area contributed by atoms with E-state index >= 15 is 0 Å². The lowest BCUT2D eigenvalue weighted by Crippen LogP contribution is -2.28. The Balaban J connectivity index is 4.00. The van der Waals surface area contributed by atoms with Crippen LogP contribution in [0.25, 0.3) is 0 Å². The van der Waals surface area contributed by atoms with E-state index in [1.54, 1.807) is 0 Å². The molecule has 96 valence electrons. The van der Waals surface area contributed by atoms with Gasteiger partial charge >= 0.3 is 6.18 Å². The topological polar surface area (TPSA) is 9.23 Å². The SMILES string of the molecule is CCCCOC(=S)CC(F)(F)CC(F)(F)F. The normalized spacial score (nSPS) is 12.6. The van der Waals surface area contributed by atoms with E-state index in [0.717, 1.165) is 6.42 Å².